The van der Waals surface area contributed by atoms with Gasteiger partial charge in [0.1, 0.15) is 0 Å². The molecule has 2 N–H and O–H groups in total. The Bertz CT molecular complexity index is 110. The van der Waals surface area contributed by atoms with E-state index in [1.807, 2.05) is 0 Å². The van der Waals surface area contributed by atoms with E-state index in [9.17, 15) is 4.79 Å². The average molecular weight is 130 g/mol. The van der Waals surface area contributed by atoms with Crippen molar-refractivity contribution in [3.05, 3.63) is 0 Å². The highest BCUT2D eigenvalue weighted by Gasteiger charge is 2.13. The Labute approximate surface area is 53.5 Å². The molecule has 0 bridgehead atoms. The Kier molecular flexibility index (Phi) is 1.89. The molecule has 4 heteroatoms. The van der Waals surface area contributed by atoms with Gasteiger partial charge in [0, 0.05) is 0 Å². The fourth-order valence-electron chi connectivity index (χ4n) is 0.771. The number of rotatable bonds is 0. The summed E-state index contributed by atoms with van der Waals surface area (Å²) in [5, 5.41) is 1.20. The summed E-state index contributed by atoms with van der Waals surface area (Å²) in [6.45, 7) is 1.25. The van der Waals surface area contributed by atoms with E-state index in [0.717, 1.165) is 12.8 Å². The zero-order chi connectivity index (χ0) is 6.69. The number of amides is 2. The van der Waals surface area contributed by atoms with Crippen LogP contribution >= 0.6 is 0 Å². The molecule has 0 saturated carbocycles. The van der Waals surface area contributed by atoms with E-state index in [4.69, 9.17) is 10.6 Å². The standard InChI is InChI=1S/C5H10N2O2/c6-5(8)7-3-1-2-4-9-7/h1-4H2,(H2,6,8). The summed E-state index contributed by atoms with van der Waals surface area (Å²) < 4.78 is 0. The molecule has 1 aliphatic heterocycles. The van der Waals surface area contributed by atoms with Crippen molar-refractivity contribution in [1.29, 1.82) is 0 Å². The van der Waals surface area contributed by atoms with Gasteiger partial charge >= 0.3 is 6.03 Å². The number of carbonyl (C=O) groups excluding carboxylic acids is 1. The van der Waals surface area contributed by atoms with Crippen LogP contribution in [0.2, 0.25) is 0 Å². The van der Waals surface area contributed by atoms with Crippen molar-refractivity contribution in [2.45, 2.75) is 12.8 Å². The second-order valence-corrected chi connectivity index (χ2v) is 1.98. The third kappa shape index (κ3) is 1.57. The molecule has 1 rings (SSSR count). The molecule has 9 heavy (non-hydrogen) atoms. The summed E-state index contributed by atoms with van der Waals surface area (Å²) >= 11 is 0. The number of hydrogen-bond acceptors (Lipinski definition) is 2. The van der Waals surface area contributed by atoms with Crippen LogP contribution in [-0.4, -0.2) is 24.2 Å². The van der Waals surface area contributed by atoms with E-state index in [-0.39, 0.29) is 0 Å². The van der Waals surface area contributed by atoms with Gasteiger partial charge in [0.15, 0.2) is 0 Å². The number of urea groups is 1. The zero-order valence-corrected chi connectivity index (χ0v) is 5.17. The molecule has 1 heterocycles. The predicted octanol–water partition coefficient (Wildman–Crippen LogP) is 0.0925. The molecule has 1 aliphatic rings. The maximum absolute atomic E-state index is 10.4. The van der Waals surface area contributed by atoms with Crippen molar-refractivity contribution in [1.82, 2.24) is 5.06 Å². The molecule has 0 aromatic heterocycles. The van der Waals surface area contributed by atoms with Gasteiger partial charge in [-0.05, 0) is 12.8 Å². The number of hydrogen-bond donors (Lipinski definition) is 1. The summed E-state index contributed by atoms with van der Waals surface area (Å²) in [7, 11) is 0. The average Bonchev–Trinajstić information content (AvgIpc) is 1.90. The highest BCUT2D eigenvalue weighted by molar-refractivity contribution is 5.70. The van der Waals surface area contributed by atoms with Crippen molar-refractivity contribution in [2.24, 2.45) is 5.73 Å². The van der Waals surface area contributed by atoms with E-state index in [2.05, 4.69) is 0 Å². The van der Waals surface area contributed by atoms with Crippen LogP contribution in [0.15, 0.2) is 0 Å². The minimum atomic E-state index is -0.491. The second-order valence-electron chi connectivity index (χ2n) is 1.98. The van der Waals surface area contributed by atoms with Gasteiger partial charge in [-0.2, -0.15) is 0 Å². The number of nitrogens with two attached hydrogens (primary N) is 1. The van der Waals surface area contributed by atoms with E-state index < -0.39 is 6.03 Å². The normalized spacial score (nSPS) is 19.8. The van der Waals surface area contributed by atoms with E-state index in [1.165, 1.54) is 5.06 Å². The van der Waals surface area contributed by atoms with Crippen LogP contribution in [0.5, 0.6) is 0 Å². The maximum Gasteiger partial charge on any atom is 0.338 e. The minimum absolute atomic E-state index is 0.491. The molecular weight excluding hydrogens is 120 g/mol. The Balaban J connectivity index is 2.31. The molecule has 0 spiro atoms. The maximum atomic E-state index is 10.4. The van der Waals surface area contributed by atoms with Gasteiger partial charge in [0.25, 0.3) is 0 Å². The van der Waals surface area contributed by atoms with Gasteiger partial charge in [-0.15, -0.1) is 0 Å². The molecule has 0 radical (unpaired) electrons. The monoisotopic (exact) mass is 130 g/mol. The third-order valence-electron chi connectivity index (χ3n) is 1.25. The lowest BCUT2D eigenvalue weighted by Crippen LogP contribution is -2.39. The molecule has 4 nitrogen and oxygen atoms in total. The molecule has 0 aromatic carbocycles. The fraction of sp³-hybridized carbons (Fsp3) is 0.800. The van der Waals surface area contributed by atoms with Crippen LogP contribution in [0.25, 0.3) is 0 Å². The highest BCUT2D eigenvalue weighted by atomic mass is 16.7. The van der Waals surface area contributed by atoms with Crippen molar-refractivity contribution in [3.63, 3.8) is 0 Å². The summed E-state index contributed by atoms with van der Waals surface area (Å²) in [5.74, 6) is 0. The molecule has 0 unspecified atom stereocenters. The SMILES string of the molecule is NC(=O)N1CCCCO1. The van der Waals surface area contributed by atoms with Crippen LogP contribution < -0.4 is 5.73 Å². The first-order valence-electron chi connectivity index (χ1n) is 3.00. The predicted molar refractivity (Wildman–Crippen MR) is 31.5 cm³/mol. The minimum Gasteiger partial charge on any atom is -0.350 e. The molecular formula is C5H10N2O2. The van der Waals surface area contributed by atoms with Gasteiger partial charge in [0.2, 0.25) is 0 Å². The Morgan fingerprint density at radius 2 is 2.33 bits per heavy atom. The summed E-state index contributed by atoms with van der Waals surface area (Å²) in [5.41, 5.74) is 4.93. The van der Waals surface area contributed by atoms with Crippen molar-refractivity contribution in [2.75, 3.05) is 13.2 Å². The second kappa shape index (κ2) is 2.68. The van der Waals surface area contributed by atoms with Crippen LogP contribution in [0, 0.1) is 0 Å². The van der Waals surface area contributed by atoms with Crippen LogP contribution in [0.3, 0.4) is 0 Å². The Morgan fingerprint density at radius 1 is 1.56 bits per heavy atom. The smallest absolute Gasteiger partial charge is 0.338 e. The van der Waals surface area contributed by atoms with E-state index in [0.29, 0.717) is 13.2 Å². The van der Waals surface area contributed by atoms with Crippen molar-refractivity contribution < 1.29 is 9.63 Å². The van der Waals surface area contributed by atoms with Gasteiger partial charge in [0.05, 0.1) is 13.2 Å². The first kappa shape index (κ1) is 6.35. The molecule has 1 saturated heterocycles. The number of hydroxylamine groups is 2. The van der Waals surface area contributed by atoms with Crippen molar-refractivity contribution in [3.8, 4) is 0 Å². The lowest BCUT2D eigenvalue weighted by molar-refractivity contribution is -0.137. The first-order valence-corrected chi connectivity index (χ1v) is 3.00. The van der Waals surface area contributed by atoms with E-state index >= 15 is 0 Å². The molecule has 1 fully saturated rings. The summed E-state index contributed by atoms with van der Waals surface area (Å²) in [6.07, 6.45) is 2.01. The fourth-order valence-corrected chi connectivity index (χ4v) is 0.771. The lowest BCUT2D eigenvalue weighted by Gasteiger charge is -2.23. The quantitative estimate of drug-likeness (QED) is 0.505. The van der Waals surface area contributed by atoms with Gasteiger partial charge in [-0.3, -0.25) is 4.84 Å². The molecule has 0 atom stereocenters. The third-order valence-corrected chi connectivity index (χ3v) is 1.25. The van der Waals surface area contributed by atoms with Crippen LogP contribution in [0.1, 0.15) is 12.8 Å². The van der Waals surface area contributed by atoms with Gasteiger partial charge in [-0.25, -0.2) is 9.86 Å². The Hall–Kier alpha value is -0.770. The molecule has 2 amide bonds. The molecule has 0 aliphatic carbocycles. The summed E-state index contributed by atoms with van der Waals surface area (Å²) in [4.78, 5) is 15.3. The van der Waals surface area contributed by atoms with Crippen molar-refractivity contribution >= 4 is 6.03 Å². The largest absolute Gasteiger partial charge is 0.350 e. The van der Waals surface area contributed by atoms with Crippen LogP contribution in [-0.2, 0) is 4.84 Å². The van der Waals surface area contributed by atoms with Gasteiger partial charge < -0.3 is 5.73 Å². The first-order chi connectivity index (χ1) is 4.30. The number of carbonyl (C=O) groups is 1. The zero-order valence-electron chi connectivity index (χ0n) is 5.17. The van der Waals surface area contributed by atoms with Crippen LogP contribution in [0.4, 0.5) is 4.79 Å². The Morgan fingerprint density at radius 3 is 2.67 bits per heavy atom. The summed E-state index contributed by atoms with van der Waals surface area (Å²) in [6, 6.07) is -0.491. The molecule has 52 valence electrons. The number of primary amides is 1. The number of nitrogens with zero attached hydrogens (tertiary/aromatic N) is 1. The van der Waals surface area contributed by atoms with Gasteiger partial charge in [-0.1, -0.05) is 0 Å². The molecule has 0 aromatic rings. The highest BCUT2D eigenvalue weighted by Crippen LogP contribution is 2.03. The lowest BCUT2D eigenvalue weighted by atomic mass is 10.3. The van der Waals surface area contributed by atoms with E-state index in [1.54, 1.807) is 0 Å². The topological polar surface area (TPSA) is 55.6 Å².